The molecule has 0 aliphatic carbocycles. The van der Waals surface area contributed by atoms with E-state index in [9.17, 15) is 9.90 Å². The lowest BCUT2D eigenvalue weighted by atomic mass is 9.93. The summed E-state index contributed by atoms with van der Waals surface area (Å²) in [5.74, 6) is 0.700. The highest BCUT2D eigenvalue weighted by Gasteiger charge is 2.27. The summed E-state index contributed by atoms with van der Waals surface area (Å²) in [6.07, 6.45) is 1.55. The minimum Gasteiger partial charge on any atom is -0.478 e. The van der Waals surface area contributed by atoms with Gasteiger partial charge in [0.05, 0.1) is 23.1 Å². The number of imidazole rings is 1. The first-order valence-corrected chi connectivity index (χ1v) is 12.0. The van der Waals surface area contributed by atoms with Crippen molar-refractivity contribution < 1.29 is 9.90 Å². The number of aryl methyl sites for hydroxylation is 1. The number of carboxylic acids is 1. The van der Waals surface area contributed by atoms with Crippen molar-refractivity contribution in [3.05, 3.63) is 89.0 Å². The second kappa shape index (κ2) is 8.60. The molecule has 0 saturated carbocycles. The van der Waals surface area contributed by atoms with Gasteiger partial charge < -0.3 is 10.0 Å². The number of carbonyl (C=O) groups is 1. The Hall–Kier alpha value is -4.53. The average molecular weight is 480 g/mol. The van der Waals surface area contributed by atoms with E-state index in [1.807, 2.05) is 29.7 Å². The summed E-state index contributed by atoms with van der Waals surface area (Å²) in [5.41, 5.74) is 7.06. The smallest absolute Gasteiger partial charge is 0.337 e. The number of nitrogens with one attached hydrogen (secondary N) is 1. The number of aromatic nitrogens is 6. The fourth-order valence-electron chi connectivity index (χ4n) is 5.26. The van der Waals surface area contributed by atoms with Gasteiger partial charge in [-0.3, -0.25) is 4.57 Å². The summed E-state index contributed by atoms with van der Waals surface area (Å²) in [7, 11) is 0. The zero-order chi connectivity index (χ0) is 24.8. The molecule has 3 heterocycles. The fraction of sp³-hybridized carbons (Fsp3) is 0.222. The monoisotopic (exact) mass is 479 g/mol. The predicted octanol–water partition coefficient (Wildman–Crippen LogP) is 4.80. The van der Waals surface area contributed by atoms with E-state index in [1.54, 1.807) is 12.1 Å². The molecule has 9 nitrogen and oxygen atoms in total. The normalized spacial score (nSPS) is 14.9. The number of tetrazole rings is 1. The van der Waals surface area contributed by atoms with E-state index in [4.69, 9.17) is 4.98 Å². The zero-order valence-corrected chi connectivity index (χ0v) is 20.0. The van der Waals surface area contributed by atoms with Crippen LogP contribution in [0.5, 0.6) is 0 Å². The van der Waals surface area contributed by atoms with E-state index < -0.39 is 5.97 Å². The molecular weight excluding hydrogens is 454 g/mol. The predicted molar refractivity (Wildman–Crippen MR) is 136 cm³/mol. The van der Waals surface area contributed by atoms with Crippen LogP contribution in [0.4, 0.5) is 11.4 Å². The van der Waals surface area contributed by atoms with Crippen molar-refractivity contribution in [1.29, 1.82) is 0 Å². The number of anilines is 2. The number of H-pyrrole nitrogens is 1. The van der Waals surface area contributed by atoms with Crippen molar-refractivity contribution in [3.8, 4) is 5.69 Å². The number of nitrogens with zero attached hydrogens (tertiary/aromatic N) is 6. The van der Waals surface area contributed by atoms with Crippen LogP contribution in [0.3, 0.4) is 0 Å². The Bertz CT molecular complexity index is 1590. The summed E-state index contributed by atoms with van der Waals surface area (Å²) in [4.78, 5) is 19.1. The fourth-order valence-corrected chi connectivity index (χ4v) is 5.26. The molecule has 3 aromatic carbocycles. The van der Waals surface area contributed by atoms with Gasteiger partial charge in [0.25, 0.3) is 0 Å². The second-order valence-electron chi connectivity index (χ2n) is 9.09. The zero-order valence-electron chi connectivity index (χ0n) is 20.0. The van der Waals surface area contributed by atoms with Crippen molar-refractivity contribution in [2.45, 2.75) is 39.2 Å². The van der Waals surface area contributed by atoms with Gasteiger partial charge >= 0.3 is 5.97 Å². The Labute approximate surface area is 207 Å². The van der Waals surface area contributed by atoms with Crippen molar-refractivity contribution in [2.24, 2.45) is 0 Å². The number of benzene rings is 3. The lowest BCUT2D eigenvalue weighted by Crippen LogP contribution is -2.19. The lowest BCUT2D eigenvalue weighted by Gasteiger charge is -2.26. The number of rotatable bonds is 5. The van der Waals surface area contributed by atoms with Crippen LogP contribution in [-0.2, 0) is 19.4 Å². The minimum atomic E-state index is -0.964. The van der Waals surface area contributed by atoms with Crippen molar-refractivity contribution in [1.82, 2.24) is 30.2 Å². The maximum Gasteiger partial charge on any atom is 0.337 e. The SMILES string of the molecule is CCc1nc2cccc(C(=O)O)c2n1-c1ccc2c(c1)C(C)Cc1ccccc1N2Cc1nn[nH]n1. The van der Waals surface area contributed by atoms with Gasteiger partial charge in [-0.05, 0) is 59.9 Å². The van der Waals surface area contributed by atoms with Gasteiger partial charge in [-0.1, -0.05) is 43.3 Å². The highest BCUT2D eigenvalue weighted by Crippen LogP contribution is 2.42. The molecule has 0 fully saturated rings. The van der Waals surface area contributed by atoms with Crippen LogP contribution in [0.2, 0.25) is 0 Å². The molecule has 0 saturated heterocycles. The summed E-state index contributed by atoms with van der Waals surface area (Å²) >= 11 is 0. The van der Waals surface area contributed by atoms with Crippen molar-refractivity contribution >= 4 is 28.4 Å². The first-order chi connectivity index (χ1) is 17.5. The van der Waals surface area contributed by atoms with Crippen molar-refractivity contribution in [2.75, 3.05) is 4.90 Å². The van der Waals surface area contributed by atoms with E-state index in [-0.39, 0.29) is 11.5 Å². The molecule has 0 radical (unpaired) electrons. The number of fused-ring (bicyclic) bond motifs is 3. The quantitative estimate of drug-likeness (QED) is 0.372. The van der Waals surface area contributed by atoms with Crippen LogP contribution in [-0.4, -0.2) is 41.3 Å². The molecule has 0 amide bonds. The number of aromatic carboxylic acids is 1. The first-order valence-electron chi connectivity index (χ1n) is 12.0. The molecule has 5 aromatic rings. The topological polar surface area (TPSA) is 113 Å². The van der Waals surface area contributed by atoms with Crippen LogP contribution >= 0.6 is 0 Å². The molecule has 1 unspecified atom stereocenters. The lowest BCUT2D eigenvalue weighted by molar-refractivity contribution is 0.0698. The third kappa shape index (κ3) is 3.51. The maximum absolute atomic E-state index is 12.1. The number of para-hydroxylation sites is 2. The molecule has 1 aliphatic heterocycles. The largest absolute Gasteiger partial charge is 0.478 e. The third-order valence-corrected chi connectivity index (χ3v) is 6.88. The highest BCUT2D eigenvalue weighted by atomic mass is 16.4. The van der Waals surface area contributed by atoms with Gasteiger partial charge in [0.15, 0.2) is 5.82 Å². The third-order valence-electron chi connectivity index (χ3n) is 6.88. The van der Waals surface area contributed by atoms with Gasteiger partial charge in [-0.25, -0.2) is 9.78 Å². The van der Waals surface area contributed by atoms with Gasteiger partial charge in [0, 0.05) is 23.5 Å². The van der Waals surface area contributed by atoms with Gasteiger partial charge in [0.1, 0.15) is 5.82 Å². The number of hydrogen-bond acceptors (Lipinski definition) is 6. The summed E-state index contributed by atoms with van der Waals surface area (Å²) in [6.45, 7) is 4.74. The molecule has 36 heavy (non-hydrogen) atoms. The molecule has 180 valence electrons. The molecule has 0 bridgehead atoms. The standard InChI is InChI=1S/C27H25N7O2/c1-3-25-28-21-9-6-8-19(27(35)36)26(21)34(25)18-11-12-23-20(14-18)16(2)13-17-7-4-5-10-22(17)33(23)15-24-29-31-32-30-24/h4-12,14,16H,3,13,15H2,1-2H3,(H,35,36)(H,29,30,31,32). The molecule has 0 spiro atoms. The van der Waals surface area contributed by atoms with Crippen LogP contribution < -0.4 is 4.90 Å². The van der Waals surface area contributed by atoms with Crippen molar-refractivity contribution in [3.63, 3.8) is 0 Å². The molecule has 2 N–H and O–H groups in total. The van der Waals surface area contributed by atoms with E-state index in [0.29, 0.717) is 29.8 Å². The van der Waals surface area contributed by atoms with E-state index in [0.717, 1.165) is 29.3 Å². The summed E-state index contributed by atoms with van der Waals surface area (Å²) in [6, 6.07) is 20.0. The van der Waals surface area contributed by atoms with Crippen LogP contribution in [0.15, 0.2) is 60.7 Å². The molecule has 1 atom stereocenters. The Morgan fingerprint density at radius 2 is 1.97 bits per heavy atom. The van der Waals surface area contributed by atoms with Gasteiger partial charge in [0.2, 0.25) is 0 Å². The van der Waals surface area contributed by atoms with E-state index in [2.05, 4.69) is 62.8 Å². The maximum atomic E-state index is 12.1. The number of aromatic amines is 1. The first kappa shape index (κ1) is 22.0. The number of hydrogen-bond donors (Lipinski definition) is 2. The summed E-state index contributed by atoms with van der Waals surface area (Å²) in [5, 5.41) is 24.6. The molecular formula is C27H25N7O2. The average Bonchev–Trinajstić information content (AvgIpc) is 3.52. The van der Waals surface area contributed by atoms with Gasteiger partial charge in [-0.2, -0.15) is 5.21 Å². The Kier molecular flexibility index (Phi) is 5.25. The molecule has 1 aliphatic rings. The Morgan fingerprint density at radius 1 is 1.11 bits per heavy atom. The second-order valence-corrected chi connectivity index (χ2v) is 9.09. The number of carboxylic acid groups (broad SMARTS) is 1. The van der Waals surface area contributed by atoms with Crippen LogP contribution in [0.1, 0.15) is 52.9 Å². The van der Waals surface area contributed by atoms with Crippen LogP contribution in [0, 0.1) is 0 Å². The molecule has 9 heteroatoms. The van der Waals surface area contributed by atoms with E-state index >= 15 is 0 Å². The van der Waals surface area contributed by atoms with Crippen LogP contribution in [0.25, 0.3) is 16.7 Å². The highest BCUT2D eigenvalue weighted by molar-refractivity contribution is 6.02. The Morgan fingerprint density at radius 3 is 2.75 bits per heavy atom. The molecule has 6 rings (SSSR count). The van der Waals surface area contributed by atoms with E-state index in [1.165, 1.54) is 11.1 Å². The van der Waals surface area contributed by atoms with Gasteiger partial charge in [-0.15, -0.1) is 10.2 Å². The molecule has 2 aromatic heterocycles. The Balaban J connectivity index is 1.56. The summed E-state index contributed by atoms with van der Waals surface area (Å²) < 4.78 is 1.99. The minimum absolute atomic E-state index is 0.232.